The lowest BCUT2D eigenvalue weighted by molar-refractivity contribution is -0.136. The van der Waals surface area contributed by atoms with Gasteiger partial charge in [-0.05, 0) is 43.9 Å². The Morgan fingerprint density at radius 3 is 2.61 bits per heavy atom. The second-order valence-corrected chi connectivity index (χ2v) is 9.14. The predicted molar refractivity (Wildman–Crippen MR) is 110 cm³/mol. The normalized spacial score (nSPS) is 29.7. The van der Waals surface area contributed by atoms with Crippen LogP contribution in [0.15, 0.2) is 12.1 Å². The Morgan fingerprint density at radius 2 is 1.94 bits per heavy atom. The van der Waals surface area contributed by atoms with Gasteiger partial charge < -0.3 is 9.64 Å². The van der Waals surface area contributed by atoms with E-state index in [2.05, 4.69) is 10.2 Å². The third-order valence-corrected chi connectivity index (χ3v) is 7.56. The zero-order chi connectivity index (χ0) is 21.7. The number of imide groups is 1. The Balaban J connectivity index is 1.37. The summed E-state index contributed by atoms with van der Waals surface area (Å²) in [6.45, 7) is 1.77. The summed E-state index contributed by atoms with van der Waals surface area (Å²) in [5.74, 6) is -1.59. The molecule has 3 heterocycles. The Morgan fingerprint density at radius 1 is 1.13 bits per heavy atom. The molecule has 8 heteroatoms. The largest absolute Gasteiger partial charge is 0.379 e. The van der Waals surface area contributed by atoms with E-state index in [0.717, 1.165) is 19.5 Å². The van der Waals surface area contributed by atoms with Crippen molar-refractivity contribution in [3.8, 4) is 0 Å². The number of methoxy groups -OCH3 is 1. The van der Waals surface area contributed by atoms with Crippen LogP contribution in [0.25, 0.3) is 0 Å². The lowest BCUT2D eigenvalue weighted by atomic mass is 9.82. The first-order valence-electron chi connectivity index (χ1n) is 11.2. The molecule has 3 amide bonds. The van der Waals surface area contributed by atoms with E-state index in [1.807, 2.05) is 0 Å². The Labute approximate surface area is 180 Å². The summed E-state index contributed by atoms with van der Waals surface area (Å²) in [5.41, 5.74) is 1.26. The summed E-state index contributed by atoms with van der Waals surface area (Å²) in [7, 11) is 1.68. The van der Waals surface area contributed by atoms with Crippen LogP contribution in [0.2, 0.25) is 0 Å². The van der Waals surface area contributed by atoms with Crippen molar-refractivity contribution in [1.82, 2.24) is 15.1 Å². The van der Waals surface area contributed by atoms with Crippen molar-refractivity contribution in [2.75, 3.05) is 20.2 Å². The summed E-state index contributed by atoms with van der Waals surface area (Å²) >= 11 is 0. The number of fused-ring (bicyclic) bond motifs is 1. The molecule has 1 N–H and O–H groups in total. The minimum Gasteiger partial charge on any atom is -0.379 e. The van der Waals surface area contributed by atoms with E-state index in [9.17, 15) is 14.4 Å². The molecule has 1 aliphatic carbocycles. The highest BCUT2D eigenvalue weighted by atomic mass is 19.1. The van der Waals surface area contributed by atoms with E-state index >= 15 is 4.39 Å². The SMILES string of the molecule is COC1CN(C2CCC2)CCC1c1ccc2c(c1F)CN(C1CCC(=O)NC1=O)C2=O. The number of hydrogen-bond donors (Lipinski definition) is 1. The van der Waals surface area contributed by atoms with Crippen LogP contribution in [0.5, 0.6) is 0 Å². The van der Waals surface area contributed by atoms with Crippen molar-refractivity contribution >= 4 is 17.7 Å². The highest BCUT2D eigenvalue weighted by Crippen LogP contribution is 2.39. The molecule has 2 saturated heterocycles. The molecule has 7 nitrogen and oxygen atoms in total. The number of benzene rings is 1. The van der Waals surface area contributed by atoms with Crippen LogP contribution in [0.4, 0.5) is 4.39 Å². The summed E-state index contributed by atoms with van der Waals surface area (Å²) in [5, 5.41) is 2.28. The number of amides is 3. The molecule has 0 radical (unpaired) electrons. The number of hydrogen-bond acceptors (Lipinski definition) is 5. The average Bonchev–Trinajstić information content (AvgIpc) is 3.04. The standard InChI is InChI=1S/C23H28FN3O4/c1-31-19-12-26(13-3-2-4-13)10-9-14(19)15-5-6-16-17(21(15)24)11-27(23(16)30)18-7-8-20(28)25-22(18)29/h5-6,13-14,18-19H,2-4,7-12H2,1H3,(H,25,28,29). The third-order valence-electron chi connectivity index (χ3n) is 7.56. The molecule has 31 heavy (non-hydrogen) atoms. The lowest BCUT2D eigenvalue weighted by Crippen LogP contribution is -2.52. The van der Waals surface area contributed by atoms with Gasteiger partial charge in [0, 0.05) is 43.2 Å². The second kappa shape index (κ2) is 7.98. The van der Waals surface area contributed by atoms with E-state index < -0.39 is 11.9 Å². The third kappa shape index (κ3) is 3.46. The first-order chi connectivity index (χ1) is 15.0. The smallest absolute Gasteiger partial charge is 0.255 e. The van der Waals surface area contributed by atoms with Gasteiger partial charge in [-0.2, -0.15) is 0 Å². The van der Waals surface area contributed by atoms with Crippen molar-refractivity contribution in [2.24, 2.45) is 0 Å². The monoisotopic (exact) mass is 429 g/mol. The zero-order valence-electron chi connectivity index (χ0n) is 17.7. The molecule has 1 aromatic carbocycles. The lowest BCUT2D eigenvalue weighted by Gasteiger charge is -2.45. The van der Waals surface area contributed by atoms with Gasteiger partial charge in [-0.1, -0.05) is 12.5 Å². The molecule has 3 atom stereocenters. The molecule has 3 unspecified atom stereocenters. The van der Waals surface area contributed by atoms with Gasteiger partial charge in [0.05, 0.1) is 12.6 Å². The summed E-state index contributed by atoms with van der Waals surface area (Å²) in [6.07, 6.45) is 4.91. The minimum absolute atomic E-state index is 0.0543. The average molecular weight is 429 g/mol. The fraction of sp³-hybridized carbons (Fsp3) is 0.609. The van der Waals surface area contributed by atoms with Gasteiger partial charge in [-0.15, -0.1) is 0 Å². The van der Waals surface area contributed by atoms with E-state index in [0.29, 0.717) is 22.7 Å². The number of likely N-dealkylation sites (tertiary alicyclic amines) is 1. The maximum atomic E-state index is 15.7. The topological polar surface area (TPSA) is 79.0 Å². The van der Waals surface area contributed by atoms with Gasteiger partial charge in [0.1, 0.15) is 11.9 Å². The Bertz CT molecular complexity index is 932. The molecule has 5 rings (SSSR count). The molecule has 4 aliphatic rings. The number of nitrogens with one attached hydrogen (secondary N) is 1. The zero-order valence-corrected chi connectivity index (χ0v) is 17.7. The number of piperidine rings is 2. The summed E-state index contributed by atoms with van der Waals surface area (Å²) < 4.78 is 21.4. The maximum Gasteiger partial charge on any atom is 0.255 e. The molecule has 0 spiro atoms. The number of nitrogens with zero attached hydrogens (tertiary/aromatic N) is 2. The van der Waals surface area contributed by atoms with Crippen LogP contribution in [0.1, 0.15) is 65.9 Å². The fourth-order valence-corrected chi connectivity index (χ4v) is 5.53. The first kappa shape index (κ1) is 20.6. The fourth-order valence-electron chi connectivity index (χ4n) is 5.53. The van der Waals surface area contributed by atoms with Crippen LogP contribution >= 0.6 is 0 Å². The Hall–Kier alpha value is -2.32. The van der Waals surface area contributed by atoms with Crippen LogP contribution in [-0.4, -0.2) is 65.9 Å². The van der Waals surface area contributed by atoms with Crippen LogP contribution < -0.4 is 5.32 Å². The van der Waals surface area contributed by atoms with Crippen molar-refractivity contribution < 1.29 is 23.5 Å². The van der Waals surface area contributed by atoms with E-state index in [-0.39, 0.29) is 49.0 Å². The molecule has 0 aromatic heterocycles. The molecular weight excluding hydrogens is 401 g/mol. The summed E-state index contributed by atoms with van der Waals surface area (Å²) in [6, 6.07) is 3.30. The van der Waals surface area contributed by atoms with Gasteiger partial charge >= 0.3 is 0 Å². The first-order valence-corrected chi connectivity index (χ1v) is 11.2. The number of ether oxygens (including phenoxy) is 1. The van der Waals surface area contributed by atoms with Crippen molar-refractivity contribution in [3.63, 3.8) is 0 Å². The van der Waals surface area contributed by atoms with E-state index in [1.54, 1.807) is 19.2 Å². The second-order valence-electron chi connectivity index (χ2n) is 9.14. The minimum atomic E-state index is -0.738. The van der Waals surface area contributed by atoms with Crippen molar-refractivity contribution in [3.05, 3.63) is 34.6 Å². The molecule has 166 valence electrons. The number of halogens is 1. The molecule has 1 aromatic rings. The van der Waals surface area contributed by atoms with E-state index in [1.165, 1.54) is 24.2 Å². The van der Waals surface area contributed by atoms with Crippen LogP contribution in [0.3, 0.4) is 0 Å². The molecule has 0 bridgehead atoms. The van der Waals surface area contributed by atoms with Gasteiger partial charge in [-0.25, -0.2) is 4.39 Å². The summed E-state index contributed by atoms with van der Waals surface area (Å²) in [4.78, 5) is 40.5. The molecular formula is C23H28FN3O4. The highest BCUT2D eigenvalue weighted by molar-refractivity contribution is 6.05. The molecule has 1 saturated carbocycles. The number of rotatable bonds is 4. The van der Waals surface area contributed by atoms with Gasteiger partial charge in [-0.3, -0.25) is 24.6 Å². The van der Waals surface area contributed by atoms with Gasteiger partial charge in [0.2, 0.25) is 11.8 Å². The van der Waals surface area contributed by atoms with Crippen LogP contribution in [0, 0.1) is 5.82 Å². The highest BCUT2D eigenvalue weighted by Gasteiger charge is 2.42. The van der Waals surface area contributed by atoms with E-state index in [4.69, 9.17) is 4.74 Å². The maximum absolute atomic E-state index is 15.7. The van der Waals surface area contributed by atoms with Crippen molar-refractivity contribution in [1.29, 1.82) is 0 Å². The quantitative estimate of drug-likeness (QED) is 0.740. The van der Waals surface area contributed by atoms with Gasteiger partial charge in [0.25, 0.3) is 5.91 Å². The van der Waals surface area contributed by atoms with Crippen LogP contribution in [-0.2, 0) is 20.9 Å². The molecule has 3 fully saturated rings. The Kier molecular flexibility index (Phi) is 5.30. The number of carbonyl (C=O) groups is 3. The predicted octanol–water partition coefficient (Wildman–Crippen LogP) is 1.94. The number of carbonyl (C=O) groups excluding carboxylic acids is 3. The molecule has 3 aliphatic heterocycles. The van der Waals surface area contributed by atoms with Crippen molar-refractivity contribution in [2.45, 2.75) is 69.2 Å². The van der Waals surface area contributed by atoms with Gasteiger partial charge in [0.15, 0.2) is 0 Å².